The number of fused-ring (bicyclic) bond motifs is 4. The highest BCUT2D eigenvalue weighted by atomic mass is 16.2. The largest absolute Gasteiger partial charge is 0.370 e. The van der Waals surface area contributed by atoms with Crippen LogP contribution in [0.2, 0.25) is 0 Å². The normalized spacial score (nSPS) is 27.3. The van der Waals surface area contributed by atoms with Crippen molar-refractivity contribution in [2.24, 2.45) is 17.6 Å². The van der Waals surface area contributed by atoms with E-state index < -0.39 is 29.3 Å². The van der Waals surface area contributed by atoms with Crippen LogP contribution in [0.5, 0.6) is 0 Å². The van der Waals surface area contributed by atoms with Crippen molar-refractivity contribution < 1.29 is 19.2 Å². The molecule has 2 saturated heterocycles. The molecule has 3 heterocycles. The number of hydrogen-bond donors (Lipinski definition) is 3. The highest BCUT2D eigenvalue weighted by Crippen LogP contribution is 2.54. The summed E-state index contributed by atoms with van der Waals surface area (Å²) in [4.78, 5) is 53.7. The fourth-order valence-corrected chi connectivity index (χ4v) is 5.83. The van der Waals surface area contributed by atoms with Crippen LogP contribution in [0.4, 0.5) is 5.69 Å². The number of anilines is 1. The summed E-state index contributed by atoms with van der Waals surface area (Å²) in [7, 11) is 0. The van der Waals surface area contributed by atoms with E-state index in [0.717, 1.165) is 16.7 Å². The third-order valence-corrected chi connectivity index (χ3v) is 7.68. The van der Waals surface area contributed by atoms with Gasteiger partial charge in [0.2, 0.25) is 23.6 Å². The van der Waals surface area contributed by atoms with Gasteiger partial charge in [-0.1, -0.05) is 42.5 Å². The number of likely N-dealkylation sites (tertiary alicyclic amines) is 1. The van der Waals surface area contributed by atoms with Crippen LogP contribution in [0.15, 0.2) is 42.5 Å². The lowest BCUT2D eigenvalue weighted by Crippen LogP contribution is -2.53. The van der Waals surface area contributed by atoms with Gasteiger partial charge in [0.15, 0.2) is 0 Å². The first-order chi connectivity index (χ1) is 16.3. The number of carbonyl (C=O) groups excluding carboxylic acids is 4. The molecule has 4 atom stereocenters. The minimum absolute atomic E-state index is 0.0594. The molecule has 4 amide bonds. The van der Waals surface area contributed by atoms with Crippen molar-refractivity contribution in [2.45, 2.75) is 44.7 Å². The molecule has 2 aromatic carbocycles. The molecule has 2 aromatic rings. The topological polar surface area (TPSA) is 122 Å². The predicted octanol–water partition coefficient (Wildman–Crippen LogP) is 1.53. The number of rotatable bonds is 6. The molecule has 3 aliphatic heterocycles. The summed E-state index contributed by atoms with van der Waals surface area (Å²) in [5.41, 5.74) is 8.38. The molecule has 5 rings (SSSR count). The zero-order valence-corrected chi connectivity index (χ0v) is 19.3. The second kappa shape index (κ2) is 8.06. The van der Waals surface area contributed by atoms with Gasteiger partial charge >= 0.3 is 0 Å². The van der Waals surface area contributed by atoms with E-state index in [0.29, 0.717) is 17.7 Å². The summed E-state index contributed by atoms with van der Waals surface area (Å²) in [6.07, 6.45) is 0.867. The van der Waals surface area contributed by atoms with E-state index in [1.54, 1.807) is 0 Å². The van der Waals surface area contributed by atoms with Crippen LogP contribution in [0, 0.1) is 25.7 Å². The van der Waals surface area contributed by atoms with Gasteiger partial charge in [0.1, 0.15) is 5.54 Å². The van der Waals surface area contributed by atoms with E-state index in [1.807, 2.05) is 56.3 Å². The zero-order chi connectivity index (χ0) is 24.2. The number of nitrogens with two attached hydrogens (primary N) is 1. The smallest absolute Gasteiger partial charge is 0.250 e. The number of benzene rings is 2. The fraction of sp³-hybridized carbons (Fsp3) is 0.385. The molecule has 3 aliphatic rings. The van der Waals surface area contributed by atoms with Crippen molar-refractivity contribution in [3.8, 4) is 0 Å². The molecule has 34 heavy (non-hydrogen) atoms. The van der Waals surface area contributed by atoms with Crippen LogP contribution >= 0.6 is 0 Å². The van der Waals surface area contributed by atoms with Gasteiger partial charge in [0, 0.05) is 30.3 Å². The molecule has 0 aliphatic carbocycles. The Labute approximate surface area is 197 Å². The Kier molecular flexibility index (Phi) is 5.28. The first-order valence-electron chi connectivity index (χ1n) is 11.6. The number of nitrogens with zero attached hydrogens (tertiary/aromatic N) is 1. The lowest BCUT2D eigenvalue weighted by Gasteiger charge is -2.29. The lowest BCUT2D eigenvalue weighted by molar-refractivity contribution is -0.142. The van der Waals surface area contributed by atoms with Crippen molar-refractivity contribution in [3.05, 3.63) is 64.7 Å². The molecule has 0 radical (unpaired) electrons. The summed E-state index contributed by atoms with van der Waals surface area (Å²) in [5.74, 6) is -3.08. The van der Waals surface area contributed by atoms with Crippen LogP contribution in [0.1, 0.15) is 35.1 Å². The SMILES string of the molecule is Cc1ccc2c(c1C)NC(=O)[C@@]21N[C@@H](CCC(N)=O)[C@H]2C(=O)N(CCc3ccccc3)C(=O)[C@@H]21. The molecule has 0 bridgehead atoms. The van der Waals surface area contributed by atoms with E-state index in [2.05, 4.69) is 10.6 Å². The third-order valence-electron chi connectivity index (χ3n) is 7.68. The zero-order valence-electron chi connectivity index (χ0n) is 19.3. The summed E-state index contributed by atoms with van der Waals surface area (Å²) in [6, 6.07) is 12.9. The number of nitrogens with one attached hydrogen (secondary N) is 2. The van der Waals surface area contributed by atoms with Crippen LogP contribution in [0.3, 0.4) is 0 Å². The van der Waals surface area contributed by atoms with Crippen molar-refractivity contribution in [3.63, 3.8) is 0 Å². The van der Waals surface area contributed by atoms with Gasteiger partial charge in [-0.25, -0.2) is 0 Å². The Balaban J connectivity index is 1.55. The molecule has 1 spiro atoms. The van der Waals surface area contributed by atoms with E-state index in [9.17, 15) is 19.2 Å². The lowest BCUT2D eigenvalue weighted by atomic mass is 9.76. The van der Waals surface area contributed by atoms with Gasteiger partial charge < -0.3 is 11.1 Å². The van der Waals surface area contributed by atoms with Gasteiger partial charge in [0.25, 0.3) is 0 Å². The second-order valence-corrected chi connectivity index (χ2v) is 9.52. The molecule has 176 valence electrons. The first kappa shape index (κ1) is 22.3. The second-order valence-electron chi connectivity index (χ2n) is 9.52. The van der Waals surface area contributed by atoms with Gasteiger partial charge in [-0.3, -0.25) is 29.4 Å². The van der Waals surface area contributed by atoms with E-state index in [4.69, 9.17) is 5.73 Å². The number of imide groups is 1. The Morgan fingerprint density at radius 3 is 2.50 bits per heavy atom. The Morgan fingerprint density at radius 1 is 1.06 bits per heavy atom. The molecule has 2 fully saturated rings. The highest BCUT2D eigenvalue weighted by molar-refractivity contribution is 6.15. The van der Waals surface area contributed by atoms with Gasteiger partial charge in [-0.15, -0.1) is 0 Å². The molecule has 0 unspecified atom stereocenters. The van der Waals surface area contributed by atoms with Crippen molar-refractivity contribution >= 4 is 29.3 Å². The van der Waals surface area contributed by atoms with Crippen LogP contribution < -0.4 is 16.4 Å². The monoisotopic (exact) mass is 460 g/mol. The summed E-state index contributed by atoms with van der Waals surface area (Å²) in [5, 5.41) is 6.31. The van der Waals surface area contributed by atoms with Gasteiger partial charge in [0.05, 0.1) is 11.8 Å². The molecule has 4 N–H and O–H groups in total. The highest BCUT2D eigenvalue weighted by Gasteiger charge is 2.70. The van der Waals surface area contributed by atoms with Crippen LogP contribution in [0.25, 0.3) is 0 Å². The van der Waals surface area contributed by atoms with Crippen LogP contribution in [-0.4, -0.2) is 41.1 Å². The minimum Gasteiger partial charge on any atom is -0.370 e. The Morgan fingerprint density at radius 2 is 1.79 bits per heavy atom. The first-order valence-corrected chi connectivity index (χ1v) is 11.6. The standard InChI is InChI=1S/C26H28N4O4/c1-14-8-9-17-22(15(14)2)28-25(34)26(17)21-20(18(29-26)10-11-19(27)31)23(32)30(24(21)33)13-12-16-6-4-3-5-7-16/h3-9,18,20-21,29H,10-13H2,1-2H3,(H2,27,31)(H,28,34)/t18-,20+,21+,26+/m0/s1. The molecule has 8 heteroatoms. The number of primary amides is 1. The number of carbonyl (C=O) groups is 4. The summed E-state index contributed by atoms with van der Waals surface area (Å²) < 4.78 is 0. The number of aryl methyl sites for hydroxylation is 1. The summed E-state index contributed by atoms with van der Waals surface area (Å²) >= 11 is 0. The number of amides is 4. The molecule has 8 nitrogen and oxygen atoms in total. The molecule has 0 aromatic heterocycles. The quantitative estimate of drug-likeness (QED) is 0.565. The van der Waals surface area contributed by atoms with Crippen molar-refractivity contribution in [1.82, 2.24) is 10.2 Å². The Bertz CT molecular complexity index is 1210. The van der Waals surface area contributed by atoms with Crippen molar-refractivity contribution in [2.75, 3.05) is 11.9 Å². The average Bonchev–Trinajstić information content (AvgIpc) is 3.39. The van der Waals surface area contributed by atoms with Crippen molar-refractivity contribution in [1.29, 1.82) is 0 Å². The van der Waals surface area contributed by atoms with E-state index >= 15 is 0 Å². The number of hydrogen-bond acceptors (Lipinski definition) is 5. The minimum atomic E-state index is -1.35. The molecule has 0 saturated carbocycles. The Hall–Kier alpha value is -3.52. The average molecular weight is 461 g/mol. The van der Waals surface area contributed by atoms with Crippen LogP contribution in [-0.2, 0) is 31.1 Å². The van der Waals surface area contributed by atoms with E-state index in [-0.39, 0.29) is 37.1 Å². The maximum atomic E-state index is 13.8. The third kappa shape index (κ3) is 3.16. The molecular weight excluding hydrogens is 432 g/mol. The van der Waals surface area contributed by atoms with E-state index in [1.165, 1.54) is 4.90 Å². The van der Waals surface area contributed by atoms with Gasteiger partial charge in [-0.2, -0.15) is 0 Å². The van der Waals surface area contributed by atoms with Gasteiger partial charge in [-0.05, 0) is 43.4 Å². The molecular formula is C26H28N4O4. The fourth-order valence-electron chi connectivity index (χ4n) is 5.83. The summed E-state index contributed by atoms with van der Waals surface area (Å²) in [6.45, 7) is 4.13. The maximum absolute atomic E-state index is 13.8. The predicted molar refractivity (Wildman–Crippen MR) is 125 cm³/mol. The maximum Gasteiger partial charge on any atom is 0.250 e.